The van der Waals surface area contributed by atoms with E-state index < -0.39 is 5.82 Å². The molecule has 3 N–H and O–H groups in total. The van der Waals surface area contributed by atoms with Gasteiger partial charge < -0.3 is 10.6 Å². The number of amides is 1. The third kappa shape index (κ3) is 5.14. The molecule has 0 aliphatic heterocycles. The van der Waals surface area contributed by atoms with Gasteiger partial charge in [-0.1, -0.05) is 32.0 Å². The van der Waals surface area contributed by atoms with E-state index in [-0.39, 0.29) is 30.2 Å². The Hall–Kier alpha value is -2.27. The SMILES string of the molecule is CC(C)[C@H]([NH2+]CC(=O)Nc1cccc(F)c1)c1ccc(F)cc1. The van der Waals surface area contributed by atoms with Gasteiger partial charge in [0.25, 0.3) is 5.91 Å². The average molecular weight is 319 g/mol. The molecule has 0 saturated heterocycles. The predicted molar refractivity (Wildman–Crippen MR) is 85.8 cm³/mol. The first-order valence-electron chi connectivity index (χ1n) is 7.60. The van der Waals surface area contributed by atoms with E-state index in [1.54, 1.807) is 24.3 Å². The molecule has 0 bridgehead atoms. The van der Waals surface area contributed by atoms with Crippen LogP contribution in [0.5, 0.6) is 0 Å². The highest BCUT2D eigenvalue weighted by molar-refractivity contribution is 5.91. The normalized spacial score (nSPS) is 12.2. The van der Waals surface area contributed by atoms with E-state index in [0.29, 0.717) is 5.69 Å². The lowest BCUT2D eigenvalue weighted by atomic mass is 9.96. The van der Waals surface area contributed by atoms with Gasteiger partial charge in [-0.2, -0.15) is 0 Å². The fourth-order valence-electron chi connectivity index (χ4n) is 2.49. The van der Waals surface area contributed by atoms with Crippen molar-refractivity contribution in [2.24, 2.45) is 5.92 Å². The van der Waals surface area contributed by atoms with E-state index in [0.717, 1.165) is 5.56 Å². The lowest BCUT2D eigenvalue weighted by Gasteiger charge is -2.19. The van der Waals surface area contributed by atoms with Crippen LogP contribution < -0.4 is 10.6 Å². The first kappa shape index (κ1) is 17.1. The number of nitrogens with one attached hydrogen (secondary N) is 1. The maximum atomic E-state index is 13.1. The van der Waals surface area contributed by atoms with Gasteiger partial charge in [-0.15, -0.1) is 0 Å². The van der Waals surface area contributed by atoms with Crippen molar-refractivity contribution >= 4 is 11.6 Å². The largest absolute Gasteiger partial charge is 0.332 e. The lowest BCUT2D eigenvalue weighted by Crippen LogP contribution is -2.88. The molecule has 1 amide bonds. The van der Waals surface area contributed by atoms with Crippen molar-refractivity contribution in [2.75, 3.05) is 11.9 Å². The quantitative estimate of drug-likeness (QED) is 0.845. The summed E-state index contributed by atoms with van der Waals surface area (Å²) in [5.74, 6) is -0.593. The number of carbonyl (C=O) groups excluding carboxylic acids is 1. The summed E-state index contributed by atoms with van der Waals surface area (Å²) in [7, 11) is 0. The van der Waals surface area contributed by atoms with E-state index >= 15 is 0 Å². The van der Waals surface area contributed by atoms with E-state index in [2.05, 4.69) is 19.2 Å². The van der Waals surface area contributed by atoms with E-state index in [1.807, 2.05) is 5.32 Å². The molecule has 2 aromatic rings. The maximum Gasteiger partial charge on any atom is 0.279 e. The highest BCUT2D eigenvalue weighted by atomic mass is 19.1. The van der Waals surface area contributed by atoms with Crippen LogP contribution in [-0.4, -0.2) is 12.5 Å². The fourth-order valence-corrected chi connectivity index (χ4v) is 2.49. The Morgan fingerprint density at radius 3 is 2.39 bits per heavy atom. The van der Waals surface area contributed by atoms with Gasteiger partial charge in [0.05, 0.1) is 0 Å². The van der Waals surface area contributed by atoms with E-state index in [1.165, 1.54) is 24.3 Å². The lowest BCUT2D eigenvalue weighted by molar-refractivity contribution is -0.692. The summed E-state index contributed by atoms with van der Waals surface area (Å²) in [6.07, 6.45) is 0. The second-order valence-electron chi connectivity index (χ2n) is 5.82. The molecule has 0 fully saturated rings. The molecule has 1 atom stereocenters. The zero-order valence-electron chi connectivity index (χ0n) is 13.2. The summed E-state index contributed by atoms with van der Waals surface area (Å²) in [6.45, 7) is 4.31. The van der Waals surface area contributed by atoms with Gasteiger partial charge in [-0.25, -0.2) is 8.78 Å². The van der Waals surface area contributed by atoms with Crippen LogP contribution in [0.15, 0.2) is 48.5 Å². The van der Waals surface area contributed by atoms with Crippen LogP contribution in [0, 0.1) is 17.6 Å². The van der Waals surface area contributed by atoms with Gasteiger partial charge in [0, 0.05) is 17.2 Å². The van der Waals surface area contributed by atoms with Crippen molar-refractivity contribution in [3.8, 4) is 0 Å². The summed E-state index contributed by atoms with van der Waals surface area (Å²) in [6, 6.07) is 12.2. The zero-order valence-corrected chi connectivity index (χ0v) is 13.2. The minimum Gasteiger partial charge on any atom is -0.332 e. The molecule has 3 nitrogen and oxygen atoms in total. The molecule has 23 heavy (non-hydrogen) atoms. The number of benzene rings is 2. The van der Waals surface area contributed by atoms with Gasteiger partial charge in [0.2, 0.25) is 0 Å². The molecule has 2 aromatic carbocycles. The highest BCUT2D eigenvalue weighted by Crippen LogP contribution is 2.17. The molecule has 0 aromatic heterocycles. The first-order chi connectivity index (χ1) is 11.0. The van der Waals surface area contributed by atoms with Gasteiger partial charge in [0.1, 0.15) is 17.7 Å². The maximum absolute atomic E-state index is 13.1. The zero-order chi connectivity index (χ0) is 16.8. The van der Waals surface area contributed by atoms with Crippen molar-refractivity contribution in [3.63, 3.8) is 0 Å². The Balaban J connectivity index is 1.96. The Bertz CT molecular complexity index is 656. The van der Waals surface area contributed by atoms with Gasteiger partial charge in [-0.3, -0.25) is 4.79 Å². The van der Waals surface area contributed by atoms with Crippen molar-refractivity contribution in [1.29, 1.82) is 0 Å². The van der Waals surface area contributed by atoms with Crippen molar-refractivity contribution < 1.29 is 18.9 Å². The topological polar surface area (TPSA) is 45.7 Å². The summed E-state index contributed by atoms with van der Waals surface area (Å²) < 4.78 is 26.1. The Labute approximate surface area is 134 Å². The highest BCUT2D eigenvalue weighted by Gasteiger charge is 2.20. The Morgan fingerprint density at radius 2 is 1.78 bits per heavy atom. The number of quaternary nitrogens is 1. The minimum absolute atomic E-state index is 0.0499. The molecule has 2 rings (SSSR count). The van der Waals surface area contributed by atoms with Gasteiger partial charge in [0.15, 0.2) is 6.54 Å². The molecule has 0 spiro atoms. The van der Waals surface area contributed by atoms with Crippen LogP contribution in [0.1, 0.15) is 25.5 Å². The average Bonchev–Trinajstić information content (AvgIpc) is 2.49. The first-order valence-corrected chi connectivity index (χ1v) is 7.60. The van der Waals surface area contributed by atoms with Gasteiger partial charge >= 0.3 is 0 Å². The van der Waals surface area contributed by atoms with Crippen molar-refractivity contribution in [3.05, 3.63) is 65.7 Å². The smallest absolute Gasteiger partial charge is 0.279 e. The number of hydrogen-bond donors (Lipinski definition) is 2. The third-order valence-corrected chi connectivity index (χ3v) is 3.64. The van der Waals surface area contributed by atoms with Crippen LogP contribution in [0.3, 0.4) is 0 Å². The van der Waals surface area contributed by atoms with Crippen LogP contribution in [0.2, 0.25) is 0 Å². The molecule has 0 unspecified atom stereocenters. The molecule has 5 heteroatoms. The monoisotopic (exact) mass is 319 g/mol. The predicted octanol–water partition coefficient (Wildman–Crippen LogP) is 2.86. The minimum atomic E-state index is -0.391. The molecule has 122 valence electrons. The van der Waals surface area contributed by atoms with Crippen molar-refractivity contribution in [2.45, 2.75) is 19.9 Å². The Morgan fingerprint density at radius 1 is 1.09 bits per heavy atom. The standard InChI is InChI=1S/C18H20F2N2O/c1-12(2)18(13-6-8-14(19)9-7-13)21-11-17(23)22-16-5-3-4-15(20)10-16/h3-10,12,18,21H,11H2,1-2H3,(H,22,23)/p+1/t18-/m0/s1. The van der Waals surface area contributed by atoms with Gasteiger partial charge in [-0.05, 0) is 30.3 Å². The van der Waals surface area contributed by atoms with Crippen molar-refractivity contribution in [1.82, 2.24) is 0 Å². The number of nitrogens with two attached hydrogens (primary N) is 1. The summed E-state index contributed by atoms with van der Waals surface area (Å²) >= 11 is 0. The third-order valence-electron chi connectivity index (χ3n) is 3.64. The molecule has 0 aliphatic rings. The van der Waals surface area contributed by atoms with E-state index in [4.69, 9.17) is 0 Å². The molecule has 0 heterocycles. The molecule has 0 radical (unpaired) electrons. The van der Waals surface area contributed by atoms with Crippen LogP contribution in [-0.2, 0) is 4.79 Å². The van der Waals surface area contributed by atoms with E-state index in [9.17, 15) is 13.6 Å². The molecular weight excluding hydrogens is 298 g/mol. The van der Waals surface area contributed by atoms with Crippen LogP contribution in [0.4, 0.5) is 14.5 Å². The molecule has 0 aliphatic carbocycles. The van der Waals surface area contributed by atoms with Crippen LogP contribution >= 0.6 is 0 Å². The molecule has 0 saturated carbocycles. The number of carbonyl (C=O) groups is 1. The summed E-state index contributed by atoms with van der Waals surface area (Å²) in [4.78, 5) is 12.0. The second kappa shape index (κ2) is 7.83. The molecular formula is C18H21F2N2O+. The number of halogens is 2. The number of anilines is 1. The second-order valence-corrected chi connectivity index (χ2v) is 5.82. The summed E-state index contributed by atoms with van der Waals surface area (Å²) in [5, 5.41) is 4.58. The number of rotatable bonds is 6. The number of hydrogen-bond acceptors (Lipinski definition) is 1. The Kier molecular flexibility index (Phi) is 5.82. The van der Waals surface area contributed by atoms with Crippen LogP contribution in [0.25, 0.3) is 0 Å². The summed E-state index contributed by atoms with van der Waals surface area (Å²) in [5.41, 5.74) is 1.41. The fraction of sp³-hybridized carbons (Fsp3) is 0.278.